The Morgan fingerprint density at radius 2 is 2.18 bits per heavy atom. The number of hydrogen-bond donors (Lipinski definition) is 2. The van der Waals surface area contributed by atoms with E-state index in [9.17, 15) is 8.42 Å². The molecular weight excluding hydrogens is 190 g/mol. The molecule has 0 aliphatic heterocycles. The van der Waals surface area contributed by atoms with Gasteiger partial charge in [0.15, 0.2) is 0 Å². The molecule has 0 fully saturated rings. The van der Waals surface area contributed by atoms with Crippen molar-refractivity contribution in [2.24, 2.45) is 5.92 Å². The summed E-state index contributed by atoms with van der Waals surface area (Å²) in [6.45, 7) is 1.92. The van der Waals surface area contributed by atoms with Crippen LogP contribution in [0.3, 0.4) is 0 Å². The third-order valence-corrected chi connectivity index (χ3v) is 2.86. The summed E-state index contributed by atoms with van der Waals surface area (Å²) < 4.78 is 23.6. The van der Waals surface area contributed by atoms with Crippen molar-refractivity contribution in [2.75, 3.05) is 18.4 Å². The van der Waals surface area contributed by atoms with Crippen molar-refractivity contribution < 1.29 is 13.5 Å². The van der Waals surface area contributed by atoms with Crippen molar-refractivity contribution in [2.45, 2.75) is 6.92 Å². The minimum atomic E-state index is -3.32. The van der Waals surface area contributed by atoms with E-state index >= 15 is 0 Å². The van der Waals surface area contributed by atoms with Crippen LogP contribution in [0.5, 0.6) is 0 Å². The lowest BCUT2D eigenvalue weighted by atomic mass is 10.2. The van der Waals surface area contributed by atoms with Crippen LogP contribution >= 0.6 is 11.6 Å². The van der Waals surface area contributed by atoms with Gasteiger partial charge in [-0.15, -0.1) is 11.6 Å². The molecule has 0 saturated carbocycles. The quantitative estimate of drug-likeness (QED) is 0.602. The smallest absolute Gasteiger partial charge is 0.225 e. The summed E-state index contributed by atoms with van der Waals surface area (Å²) in [7, 11) is -3.32. The first-order valence-corrected chi connectivity index (χ1v) is 5.34. The van der Waals surface area contributed by atoms with Gasteiger partial charge in [0.05, 0.1) is 0 Å². The molecule has 68 valence electrons. The van der Waals surface area contributed by atoms with E-state index < -0.39 is 15.2 Å². The Labute approximate surface area is 71.6 Å². The standard InChI is InChI=1S/C5H12ClNO3S/c1-5(3-8)2-7-11(9,10)4-6/h5,7-8H,2-4H2,1H3. The minimum Gasteiger partial charge on any atom is -0.396 e. The van der Waals surface area contributed by atoms with Gasteiger partial charge in [0, 0.05) is 13.2 Å². The largest absolute Gasteiger partial charge is 0.396 e. The topological polar surface area (TPSA) is 66.4 Å². The second-order valence-electron chi connectivity index (χ2n) is 2.36. The molecule has 0 aliphatic rings. The Morgan fingerprint density at radius 1 is 1.64 bits per heavy atom. The van der Waals surface area contributed by atoms with Crippen molar-refractivity contribution >= 4 is 21.6 Å². The molecule has 0 amide bonds. The van der Waals surface area contributed by atoms with Crippen LogP contribution in [0.15, 0.2) is 0 Å². The summed E-state index contributed by atoms with van der Waals surface area (Å²) in [6.07, 6.45) is 0. The average molecular weight is 202 g/mol. The molecule has 1 atom stereocenters. The Morgan fingerprint density at radius 3 is 2.55 bits per heavy atom. The number of aliphatic hydroxyl groups excluding tert-OH is 1. The third kappa shape index (κ3) is 5.43. The summed E-state index contributed by atoms with van der Waals surface area (Å²) in [5, 5.41) is 8.10. The molecule has 0 aliphatic carbocycles. The normalized spacial score (nSPS) is 14.8. The number of halogens is 1. The van der Waals surface area contributed by atoms with Crippen LogP contribution in [0.2, 0.25) is 0 Å². The summed E-state index contributed by atoms with van der Waals surface area (Å²) >= 11 is 5.11. The second kappa shape index (κ2) is 4.92. The highest BCUT2D eigenvalue weighted by Gasteiger charge is 2.08. The lowest BCUT2D eigenvalue weighted by molar-refractivity contribution is 0.238. The fourth-order valence-corrected chi connectivity index (χ4v) is 1.22. The van der Waals surface area contributed by atoms with Gasteiger partial charge in [-0.2, -0.15) is 0 Å². The summed E-state index contributed by atoms with van der Waals surface area (Å²) in [5.41, 5.74) is 0. The van der Waals surface area contributed by atoms with Gasteiger partial charge in [0.2, 0.25) is 10.0 Å². The summed E-state index contributed by atoms with van der Waals surface area (Å²) in [4.78, 5) is 0. The number of rotatable bonds is 5. The van der Waals surface area contributed by atoms with Gasteiger partial charge in [0.1, 0.15) is 5.21 Å². The van der Waals surface area contributed by atoms with Gasteiger partial charge < -0.3 is 5.11 Å². The summed E-state index contributed by atoms with van der Waals surface area (Å²) in [5.74, 6) is -0.0759. The number of alkyl halides is 1. The monoisotopic (exact) mass is 201 g/mol. The molecule has 6 heteroatoms. The van der Waals surface area contributed by atoms with Crippen LogP contribution in [0.25, 0.3) is 0 Å². The first-order valence-electron chi connectivity index (χ1n) is 3.16. The maximum atomic E-state index is 10.7. The first-order chi connectivity index (χ1) is 5.02. The van der Waals surface area contributed by atoms with Crippen LogP contribution in [0, 0.1) is 5.92 Å². The van der Waals surface area contributed by atoms with Crippen LogP contribution < -0.4 is 4.72 Å². The van der Waals surface area contributed by atoms with E-state index in [-0.39, 0.29) is 19.1 Å². The fourth-order valence-electron chi connectivity index (χ4n) is 0.372. The van der Waals surface area contributed by atoms with Gasteiger partial charge in [-0.05, 0) is 5.92 Å². The van der Waals surface area contributed by atoms with Crippen LogP contribution in [0.4, 0.5) is 0 Å². The van der Waals surface area contributed by atoms with Crippen molar-refractivity contribution in [1.29, 1.82) is 0 Å². The lowest BCUT2D eigenvalue weighted by Gasteiger charge is -2.07. The van der Waals surface area contributed by atoms with Gasteiger partial charge in [-0.25, -0.2) is 13.1 Å². The summed E-state index contributed by atoms with van der Waals surface area (Å²) in [6, 6.07) is 0. The van der Waals surface area contributed by atoms with Crippen molar-refractivity contribution in [1.82, 2.24) is 4.72 Å². The zero-order valence-corrected chi connectivity index (χ0v) is 7.82. The molecule has 1 unspecified atom stereocenters. The van der Waals surface area contributed by atoms with Gasteiger partial charge in [-0.1, -0.05) is 6.92 Å². The van der Waals surface area contributed by atoms with Crippen molar-refractivity contribution in [3.63, 3.8) is 0 Å². The van der Waals surface area contributed by atoms with Gasteiger partial charge >= 0.3 is 0 Å². The molecule has 0 bridgehead atoms. The Kier molecular flexibility index (Phi) is 4.99. The van der Waals surface area contributed by atoms with E-state index in [0.29, 0.717) is 0 Å². The maximum Gasteiger partial charge on any atom is 0.225 e. The SMILES string of the molecule is CC(CO)CNS(=O)(=O)CCl. The number of aliphatic hydroxyl groups is 1. The first kappa shape index (κ1) is 11.2. The molecule has 11 heavy (non-hydrogen) atoms. The second-order valence-corrected chi connectivity index (χ2v) is 4.75. The van der Waals surface area contributed by atoms with E-state index in [2.05, 4.69) is 4.72 Å². The van der Waals surface area contributed by atoms with Crippen LogP contribution in [-0.4, -0.2) is 31.9 Å². The lowest BCUT2D eigenvalue weighted by Crippen LogP contribution is -2.30. The van der Waals surface area contributed by atoms with Gasteiger partial charge in [0.25, 0.3) is 0 Å². The van der Waals surface area contributed by atoms with Gasteiger partial charge in [-0.3, -0.25) is 0 Å². The minimum absolute atomic E-state index is 0.0369. The predicted octanol–water partition coefficient (Wildman–Crippen LogP) is -0.270. The van der Waals surface area contributed by atoms with E-state index in [1.54, 1.807) is 6.92 Å². The molecule has 2 N–H and O–H groups in total. The van der Waals surface area contributed by atoms with Crippen molar-refractivity contribution in [3.8, 4) is 0 Å². The predicted molar refractivity (Wildman–Crippen MR) is 43.9 cm³/mol. The van der Waals surface area contributed by atoms with E-state index in [0.717, 1.165) is 0 Å². The van der Waals surface area contributed by atoms with Crippen LogP contribution in [0.1, 0.15) is 6.92 Å². The van der Waals surface area contributed by atoms with E-state index in [1.807, 2.05) is 0 Å². The number of nitrogens with one attached hydrogen (secondary N) is 1. The molecule has 0 heterocycles. The number of sulfonamides is 1. The highest BCUT2D eigenvalue weighted by Crippen LogP contribution is 1.93. The molecule has 0 aromatic carbocycles. The highest BCUT2D eigenvalue weighted by molar-refractivity contribution is 7.90. The van der Waals surface area contributed by atoms with E-state index in [1.165, 1.54) is 0 Å². The third-order valence-electron chi connectivity index (χ3n) is 1.11. The Bertz CT molecular complexity index is 192. The Hall–Kier alpha value is 0.160. The molecule has 0 spiro atoms. The molecule has 0 aromatic rings. The fraction of sp³-hybridized carbons (Fsp3) is 1.00. The molecule has 0 saturated heterocycles. The van der Waals surface area contributed by atoms with Crippen LogP contribution in [-0.2, 0) is 10.0 Å². The molecule has 4 nitrogen and oxygen atoms in total. The zero-order valence-electron chi connectivity index (χ0n) is 6.25. The van der Waals surface area contributed by atoms with Crippen molar-refractivity contribution in [3.05, 3.63) is 0 Å². The maximum absolute atomic E-state index is 10.7. The molecule has 0 rings (SSSR count). The van der Waals surface area contributed by atoms with E-state index in [4.69, 9.17) is 16.7 Å². The zero-order chi connectivity index (χ0) is 8.91. The average Bonchev–Trinajstić information content (AvgIpc) is 2.00. The Balaban J connectivity index is 3.71. The number of hydrogen-bond acceptors (Lipinski definition) is 3. The molecule has 0 aromatic heterocycles. The molecule has 0 radical (unpaired) electrons. The molecular formula is C5H12ClNO3S. The highest BCUT2D eigenvalue weighted by atomic mass is 35.5.